The summed E-state index contributed by atoms with van der Waals surface area (Å²) in [6.07, 6.45) is 1.77. The van der Waals surface area contributed by atoms with Crippen LogP contribution in [0.2, 0.25) is 0 Å². The van der Waals surface area contributed by atoms with Gasteiger partial charge in [-0.15, -0.1) is 0 Å². The molecule has 10 heteroatoms. The molecule has 3 atom stereocenters. The van der Waals surface area contributed by atoms with Gasteiger partial charge in [-0.3, -0.25) is 14.4 Å². The molecule has 0 spiro atoms. The monoisotopic (exact) mass is 431 g/mol. The summed E-state index contributed by atoms with van der Waals surface area (Å²) in [6.45, 7) is 3.29. The first-order chi connectivity index (χ1) is 14.6. The van der Waals surface area contributed by atoms with Gasteiger partial charge in [-0.2, -0.15) is 0 Å². The number of fused-ring (bicyclic) bond motifs is 1. The molecule has 0 aliphatic carbocycles. The number of carbonyl (C=O) groups is 4. The average Bonchev–Trinajstić information content (AvgIpc) is 3.11. The fraction of sp³-hybridized carbons (Fsp3) is 0.429. The summed E-state index contributed by atoms with van der Waals surface area (Å²) in [5, 5.41) is 15.2. The molecule has 1 aromatic carbocycles. The number of rotatable bonds is 11. The van der Waals surface area contributed by atoms with Crippen molar-refractivity contribution in [3.63, 3.8) is 0 Å². The number of carboxylic acid groups (broad SMARTS) is 1. The first-order valence-corrected chi connectivity index (χ1v) is 10.0. The number of H-pyrrole nitrogens is 1. The minimum Gasteiger partial charge on any atom is -0.480 e. The van der Waals surface area contributed by atoms with Gasteiger partial charge in [-0.05, 0) is 30.4 Å². The Balaban J connectivity index is 2.09. The van der Waals surface area contributed by atoms with Gasteiger partial charge < -0.3 is 32.2 Å². The summed E-state index contributed by atoms with van der Waals surface area (Å²) in [5.41, 5.74) is 13.0. The first-order valence-electron chi connectivity index (χ1n) is 10.0. The lowest BCUT2D eigenvalue weighted by atomic mass is 10.0. The van der Waals surface area contributed by atoms with E-state index >= 15 is 0 Å². The topological polar surface area (TPSA) is 180 Å². The SMILES string of the molecule is CC(C)C(NC(=O)C(CCC(N)=O)NC(=O)C(N)Cc1c[nH]c2ccccc12)C(=O)O. The van der Waals surface area contributed by atoms with Crippen molar-refractivity contribution in [2.45, 2.75) is 51.2 Å². The van der Waals surface area contributed by atoms with Crippen LogP contribution < -0.4 is 22.1 Å². The minimum absolute atomic E-state index is 0.0723. The van der Waals surface area contributed by atoms with Gasteiger partial charge >= 0.3 is 5.97 Å². The van der Waals surface area contributed by atoms with Gasteiger partial charge in [0.2, 0.25) is 17.7 Å². The first kappa shape index (κ1) is 23.9. The number of nitrogens with one attached hydrogen (secondary N) is 3. The molecule has 0 saturated carbocycles. The Morgan fingerprint density at radius 3 is 2.39 bits per heavy atom. The molecular weight excluding hydrogens is 402 g/mol. The van der Waals surface area contributed by atoms with E-state index in [1.807, 2.05) is 24.3 Å². The van der Waals surface area contributed by atoms with E-state index in [-0.39, 0.29) is 25.2 Å². The van der Waals surface area contributed by atoms with Gasteiger partial charge in [-0.1, -0.05) is 32.0 Å². The minimum atomic E-state index is -1.20. The van der Waals surface area contributed by atoms with Gasteiger partial charge in [0.15, 0.2) is 0 Å². The number of aromatic amines is 1. The number of benzene rings is 1. The molecule has 1 heterocycles. The van der Waals surface area contributed by atoms with Crippen molar-refractivity contribution in [1.29, 1.82) is 0 Å². The Morgan fingerprint density at radius 1 is 1.10 bits per heavy atom. The zero-order valence-corrected chi connectivity index (χ0v) is 17.6. The van der Waals surface area contributed by atoms with Gasteiger partial charge in [0.1, 0.15) is 12.1 Å². The van der Waals surface area contributed by atoms with Crippen LogP contribution in [0.3, 0.4) is 0 Å². The van der Waals surface area contributed by atoms with Crippen LogP contribution in [-0.2, 0) is 25.6 Å². The Labute approximate surface area is 179 Å². The molecule has 0 saturated heterocycles. The third-order valence-corrected chi connectivity index (χ3v) is 4.99. The summed E-state index contributed by atoms with van der Waals surface area (Å²) >= 11 is 0. The smallest absolute Gasteiger partial charge is 0.326 e. The predicted octanol–water partition coefficient (Wildman–Crippen LogP) is 0.0134. The molecule has 0 radical (unpaired) electrons. The van der Waals surface area contributed by atoms with E-state index < -0.39 is 41.8 Å². The second kappa shape index (κ2) is 10.6. The van der Waals surface area contributed by atoms with Crippen LogP contribution in [0, 0.1) is 5.92 Å². The quantitative estimate of drug-likeness (QED) is 0.291. The number of amides is 3. The normalized spacial score (nSPS) is 14.1. The largest absolute Gasteiger partial charge is 0.480 e. The van der Waals surface area contributed by atoms with Crippen LogP contribution >= 0.6 is 0 Å². The fourth-order valence-electron chi connectivity index (χ4n) is 3.23. The highest BCUT2D eigenvalue weighted by Gasteiger charge is 2.29. The van der Waals surface area contributed by atoms with E-state index in [0.29, 0.717) is 0 Å². The Kier molecular flexibility index (Phi) is 8.14. The van der Waals surface area contributed by atoms with E-state index in [4.69, 9.17) is 11.5 Å². The standard InChI is InChI=1S/C21H29N5O5/c1-11(2)18(21(30)31)26-20(29)16(7-8-17(23)27)25-19(28)14(22)9-12-10-24-15-6-4-3-5-13(12)15/h3-6,10-11,14,16,18,24H,7-9,22H2,1-2H3,(H2,23,27)(H,25,28)(H,26,29)(H,30,31). The summed E-state index contributed by atoms with van der Waals surface area (Å²) in [6, 6.07) is 4.34. The van der Waals surface area contributed by atoms with Crippen molar-refractivity contribution in [2.24, 2.45) is 17.4 Å². The molecule has 0 fully saturated rings. The molecule has 2 aromatic rings. The molecular formula is C21H29N5O5. The number of para-hydroxylation sites is 1. The van der Waals surface area contributed by atoms with Gasteiger partial charge in [0.05, 0.1) is 6.04 Å². The molecule has 3 amide bonds. The highest BCUT2D eigenvalue weighted by Crippen LogP contribution is 2.18. The summed E-state index contributed by atoms with van der Waals surface area (Å²) in [4.78, 5) is 51.0. The van der Waals surface area contributed by atoms with E-state index in [1.54, 1.807) is 20.0 Å². The van der Waals surface area contributed by atoms with E-state index in [0.717, 1.165) is 16.5 Å². The number of nitrogens with two attached hydrogens (primary N) is 2. The summed E-state index contributed by atoms with van der Waals surface area (Å²) < 4.78 is 0. The highest BCUT2D eigenvalue weighted by atomic mass is 16.4. The van der Waals surface area contributed by atoms with Crippen molar-refractivity contribution < 1.29 is 24.3 Å². The van der Waals surface area contributed by atoms with E-state index in [9.17, 15) is 24.3 Å². The van der Waals surface area contributed by atoms with Crippen molar-refractivity contribution >= 4 is 34.6 Å². The average molecular weight is 431 g/mol. The molecule has 3 unspecified atom stereocenters. The summed E-state index contributed by atoms with van der Waals surface area (Å²) in [7, 11) is 0. The predicted molar refractivity (Wildman–Crippen MR) is 115 cm³/mol. The van der Waals surface area contributed by atoms with Crippen LogP contribution in [0.15, 0.2) is 30.5 Å². The van der Waals surface area contributed by atoms with Crippen molar-refractivity contribution in [3.05, 3.63) is 36.0 Å². The van der Waals surface area contributed by atoms with Crippen LogP contribution in [0.4, 0.5) is 0 Å². The maximum absolute atomic E-state index is 12.7. The number of primary amides is 1. The number of carboxylic acids is 1. The lowest BCUT2D eigenvalue weighted by Gasteiger charge is -2.24. The number of hydrogen-bond donors (Lipinski definition) is 6. The molecule has 0 bridgehead atoms. The second-order valence-corrected chi connectivity index (χ2v) is 7.80. The molecule has 1 aromatic heterocycles. The van der Waals surface area contributed by atoms with Crippen LogP contribution in [0.25, 0.3) is 10.9 Å². The van der Waals surface area contributed by atoms with Crippen LogP contribution in [0.1, 0.15) is 32.3 Å². The molecule has 31 heavy (non-hydrogen) atoms. The Hall–Kier alpha value is -3.40. The number of hydrogen-bond acceptors (Lipinski definition) is 5. The molecule has 168 valence electrons. The third kappa shape index (κ3) is 6.54. The second-order valence-electron chi connectivity index (χ2n) is 7.80. The molecule has 10 nitrogen and oxygen atoms in total. The van der Waals surface area contributed by atoms with Gasteiger partial charge in [-0.25, -0.2) is 4.79 Å². The van der Waals surface area contributed by atoms with E-state index in [1.165, 1.54) is 0 Å². The highest BCUT2D eigenvalue weighted by molar-refractivity contribution is 5.92. The number of aliphatic carboxylic acids is 1. The molecule has 8 N–H and O–H groups in total. The maximum Gasteiger partial charge on any atom is 0.326 e. The van der Waals surface area contributed by atoms with Crippen molar-refractivity contribution in [2.75, 3.05) is 0 Å². The maximum atomic E-state index is 12.7. The molecule has 0 aliphatic rings. The lowest BCUT2D eigenvalue weighted by Crippen LogP contribution is -2.55. The Morgan fingerprint density at radius 2 is 1.77 bits per heavy atom. The van der Waals surface area contributed by atoms with E-state index in [2.05, 4.69) is 15.6 Å². The fourth-order valence-corrected chi connectivity index (χ4v) is 3.23. The Bertz CT molecular complexity index is 955. The number of aromatic nitrogens is 1. The van der Waals surface area contributed by atoms with Gasteiger partial charge in [0, 0.05) is 23.5 Å². The zero-order valence-electron chi connectivity index (χ0n) is 17.6. The van der Waals surface area contributed by atoms with Crippen LogP contribution in [0.5, 0.6) is 0 Å². The van der Waals surface area contributed by atoms with Crippen molar-refractivity contribution in [3.8, 4) is 0 Å². The van der Waals surface area contributed by atoms with Gasteiger partial charge in [0.25, 0.3) is 0 Å². The van der Waals surface area contributed by atoms with Crippen LogP contribution in [-0.4, -0.2) is 51.9 Å². The van der Waals surface area contributed by atoms with Crippen molar-refractivity contribution in [1.82, 2.24) is 15.6 Å². The molecule has 2 rings (SSSR count). The number of carbonyl (C=O) groups excluding carboxylic acids is 3. The lowest BCUT2D eigenvalue weighted by molar-refractivity contribution is -0.143. The summed E-state index contributed by atoms with van der Waals surface area (Å²) in [5.74, 6) is -3.52. The zero-order chi connectivity index (χ0) is 23.1. The molecule has 0 aliphatic heterocycles. The third-order valence-electron chi connectivity index (χ3n) is 4.99.